The van der Waals surface area contributed by atoms with Crippen LogP contribution < -0.4 is 0 Å². The summed E-state index contributed by atoms with van der Waals surface area (Å²) in [6, 6.07) is 8.44. The quantitative estimate of drug-likeness (QED) is 0.633. The Bertz CT molecular complexity index is 360. The lowest BCUT2D eigenvalue weighted by molar-refractivity contribution is 1.28. The first-order chi connectivity index (χ1) is 5.40. The lowest BCUT2D eigenvalue weighted by Crippen LogP contribution is -1.77. The fourth-order valence-corrected chi connectivity index (χ4v) is 1.26. The highest BCUT2D eigenvalue weighted by molar-refractivity contribution is 5.79. The highest BCUT2D eigenvalue weighted by Crippen LogP contribution is 2.13. The number of hydrogen-bond acceptors (Lipinski definition) is 0. The third kappa shape index (κ3) is 1.03. The van der Waals surface area contributed by atoms with E-state index in [1.165, 1.54) is 16.5 Å². The van der Waals surface area contributed by atoms with Gasteiger partial charge in [0.15, 0.2) is 0 Å². The second kappa shape index (κ2) is 2.42. The van der Waals surface area contributed by atoms with Crippen LogP contribution in [0.3, 0.4) is 0 Å². The lowest BCUT2D eigenvalue weighted by Gasteiger charge is -1.94. The summed E-state index contributed by atoms with van der Waals surface area (Å²) in [6.45, 7) is 3.84. The molecule has 0 amide bonds. The van der Waals surface area contributed by atoms with Crippen LogP contribution in [0.25, 0.3) is 10.9 Å². The largest absolute Gasteiger partial charge is 0.361 e. The Morgan fingerprint density at radius 3 is 3.00 bits per heavy atom. The van der Waals surface area contributed by atoms with Gasteiger partial charge in [0.05, 0.1) is 0 Å². The van der Waals surface area contributed by atoms with Crippen LogP contribution in [0, 0.1) is 6.92 Å². The van der Waals surface area contributed by atoms with E-state index in [1.54, 1.807) is 0 Å². The number of benzene rings is 1. The van der Waals surface area contributed by atoms with Gasteiger partial charge < -0.3 is 4.98 Å². The molecule has 2 aromatic rings. The Morgan fingerprint density at radius 1 is 1.27 bits per heavy atom. The van der Waals surface area contributed by atoms with Gasteiger partial charge in [-0.15, -0.1) is 0 Å². The molecule has 0 aliphatic carbocycles. The van der Waals surface area contributed by atoms with Crippen molar-refractivity contribution in [1.82, 2.24) is 4.98 Å². The first kappa shape index (κ1) is 6.47. The van der Waals surface area contributed by atoms with Gasteiger partial charge in [0.25, 0.3) is 0 Å². The van der Waals surface area contributed by atoms with Gasteiger partial charge in [-0.25, -0.2) is 0 Å². The lowest BCUT2D eigenvalue weighted by atomic mass is 10.1. The molecule has 0 aliphatic rings. The van der Waals surface area contributed by atoms with Crippen LogP contribution in [0.5, 0.6) is 0 Å². The molecule has 0 spiro atoms. The average Bonchev–Trinajstić information content (AvgIpc) is 2.50. The van der Waals surface area contributed by atoms with E-state index >= 15 is 0 Å². The Morgan fingerprint density at radius 2 is 2.18 bits per heavy atom. The van der Waals surface area contributed by atoms with Crippen molar-refractivity contribution in [2.45, 2.75) is 6.42 Å². The molecule has 0 bridgehead atoms. The highest BCUT2D eigenvalue weighted by atomic mass is 14.7. The summed E-state index contributed by atoms with van der Waals surface area (Å²) in [6.07, 6.45) is 2.82. The van der Waals surface area contributed by atoms with Crippen LogP contribution in [-0.4, -0.2) is 4.98 Å². The Hall–Kier alpha value is -1.24. The van der Waals surface area contributed by atoms with Crippen molar-refractivity contribution in [3.8, 4) is 0 Å². The standard InChI is InChI=1S/C10H10N/c1-2-8-3-4-10-9(7-8)5-6-11-10/h3-7,11H,1-2H2. The Kier molecular flexibility index (Phi) is 1.42. The maximum Gasteiger partial charge on any atom is 0.0454 e. The molecule has 1 aromatic heterocycles. The molecule has 0 atom stereocenters. The summed E-state index contributed by atoms with van der Waals surface area (Å²) < 4.78 is 0. The van der Waals surface area contributed by atoms with Crippen LogP contribution in [-0.2, 0) is 6.42 Å². The van der Waals surface area contributed by atoms with Crippen molar-refractivity contribution < 1.29 is 0 Å². The predicted molar refractivity (Wildman–Crippen MR) is 47.4 cm³/mol. The second-order valence-corrected chi connectivity index (χ2v) is 2.65. The van der Waals surface area contributed by atoms with Gasteiger partial charge in [0, 0.05) is 11.7 Å². The smallest absolute Gasteiger partial charge is 0.0454 e. The zero-order chi connectivity index (χ0) is 7.68. The molecule has 2 rings (SSSR count). The van der Waals surface area contributed by atoms with Gasteiger partial charge in [-0.05, 0) is 42.5 Å². The number of nitrogens with one attached hydrogen (secondary N) is 1. The molecule has 55 valence electrons. The van der Waals surface area contributed by atoms with Crippen molar-refractivity contribution in [2.24, 2.45) is 0 Å². The SMILES string of the molecule is [CH2]Cc1ccc2[nH]ccc2c1. The molecule has 1 radical (unpaired) electrons. The maximum atomic E-state index is 3.84. The third-order valence-electron chi connectivity index (χ3n) is 1.91. The van der Waals surface area contributed by atoms with Gasteiger partial charge >= 0.3 is 0 Å². The molecule has 0 unspecified atom stereocenters. The Labute approximate surface area is 66.1 Å². The van der Waals surface area contributed by atoms with E-state index < -0.39 is 0 Å². The summed E-state index contributed by atoms with van der Waals surface area (Å²) in [5, 5.41) is 1.27. The molecule has 1 aromatic carbocycles. The number of aromatic amines is 1. The molecule has 1 heterocycles. The number of fused-ring (bicyclic) bond motifs is 1. The number of rotatable bonds is 1. The van der Waals surface area contributed by atoms with Crippen LogP contribution in [0.1, 0.15) is 5.56 Å². The summed E-state index contributed by atoms with van der Waals surface area (Å²) in [4.78, 5) is 3.15. The van der Waals surface area contributed by atoms with Crippen molar-refractivity contribution >= 4 is 10.9 Å². The van der Waals surface area contributed by atoms with E-state index in [0.29, 0.717) is 0 Å². The minimum Gasteiger partial charge on any atom is -0.361 e. The minimum absolute atomic E-state index is 0.862. The maximum absolute atomic E-state index is 3.84. The average molecular weight is 144 g/mol. The van der Waals surface area contributed by atoms with Gasteiger partial charge in [0.2, 0.25) is 0 Å². The van der Waals surface area contributed by atoms with Crippen molar-refractivity contribution in [1.29, 1.82) is 0 Å². The van der Waals surface area contributed by atoms with Crippen molar-refractivity contribution in [3.05, 3.63) is 42.9 Å². The van der Waals surface area contributed by atoms with E-state index in [9.17, 15) is 0 Å². The molecule has 0 saturated carbocycles. The molecular formula is C10H10N. The fourth-order valence-electron chi connectivity index (χ4n) is 1.26. The topological polar surface area (TPSA) is 15.8 Å². The minimum atomic E-state index is 0.862. The van der Waals surface area contributed by atoms with Gasteiger partial charge in [0.1, 0.15) is 0 Å². The monoisotopic (exact) mass is 144 g/mol. The van der Waals surface area contributed by atoms with Gasteiger partial charge in [-0.2, -0.15) is 0 Å². The molecule has 0 fully saturated rings. The molecule has 0 aliphatic heterocycles. The van der Waals surface area contributed by atoms with E-state index in [1.807, 2.05) is 6.20 Å². The van der Waals surface area contributed by atoms with Crippen LogP contribution >= 0.6 is 0 Å². The van der Waals surface area contributed by atoms with E-state index in [0.717, 1.165) is 6.42 Å². The first-order valence-electron chi connectivity index (χ1n) is 3.75. The number of aromatic nitrogens is 1. The molecule has 1 N–H and O–H groups in total. The van der Waals surface area contributed by atoms with Crippen LogP contribution in [0.15, 0.2) is 30.5 Å². The zero-order valence-corrected chi connectivity index (χ0v) is 6.30. The predicted octanol–water partition coefficient (Wildman–Crippen LogP) is 2.54. The van der Waals surface area contributed by atoms with Gasteiger partial charge in [-0.3, -0.25) is 0 Å². The molecular weight excluding hydrogens is 134 g/mol. The van der Waals surface area contributed by atoms with Crippen molar-refractivity contribution in [2.75, 3.05) is 0 Å². The second-order valence-electron chi connectivity index (χ2n) is 2.65. The highest BCUT2D eigenvalue weighted by Gasteiger charge is 1.93. The van der Waals surface area contributed by atoms with Crippen molar-refractivity contribution in [3.63, 3.8) is 0 Å². The normalized spacial score (nSPS) is 10.6. The van der Waals surface area contributed by atoms with Crippen LogP contribution in [0.2, 0.25) is 0 Å². The van der Waals surface area contributed by atoms with E-state index in [2.05, 4.69) is 36.2 Å². The molecule has 1 nitrogen and oxygen atoms in total. The first-order valence-corrected chi connectivity index (χ1v) is 3.75. The summed E-state index contributed by atoms with van der Waals surface area (Å²) >= 11 is 0. The summed E-state index contributed by atoms with van der Waals surface area (Å²) in [5.74, 6) is 0. The number of hydrogen-bond donors (Lipinski definition) is 1. The molecule has 0 saturated heterocycles. The third-order valence-corrected chi connectivity index (χ3v) is 1.91. The molecule has 1 heteroatoms. The van der Waals surface area contributed by atoms with E-state index in [-0.39, 0.29) is 0 Å². The Balaban J connectivity index is 2.67. The van der Waals surface area contributed by atoms with E-state index in [4.69, 9.17) is 0 Å². The fraction of sp³-hybridized carbons (Fsp3) is 0.100. The number of H-pyrrole nitrogens is 1. The van der Waals surface area contributed by atoms with Crippen LogP contribution in [0.4, 0.5) is 0 Å². The summed E-state index contributed by atoms with van der Waals surface area (Å²) in [5.41, 5.74) is 2.49. The molecule has 11 heavy (non-hydrogen) atoms. The zero-order valence-electron chi connectivity index (χ0n) is 6.30. The van der Waals surface area contributed by atoms with Gasteiger partial charge in [-0.1, -0.05) is 6.07 Å². The summed E-state index contributed by atoms with van der Waals surface area (Å²) in [7, 11) is 0.